The average Bonchev–Trinajstić information content (AvgIpc) is 2.47. The smallest absolute Gasteiger partial charge is 0.274 e. The fraction of sp³-hybridized carbons (Fsp3) is 0.500. The van der Waals surface area contributed by atoms with Gasteiger partial charge in [-0.3, -0.25) is 4.79 Å². The summed E-state index contributed by atoms with van der Waals surface area (Å²) in [7, 11) is -1.97. The Bertz CT molecular complexity index is 977. The fourth-order valence-corrected chi connectivity index (χ4v) is 3.56. The first kappa shape index (κ1) is 17.8. The first-order chi connectivity index (χ1) is 11.7. The second-order valence-electron chi connectivity index (χ2n) is 6.73. The molecule has 25 heavy (non-hydrogen) atoms. The Balaban J connectivity index is 1.80. The van der Waals surface area contributed by atoms with Crippen LogP contribution < -0.4 is 20.3 Å². The molecule has 0 bridgehead atoms. The number of benzene rings is 1. The highest BCUT2D eigenvalue weighted by molar-refractivity contribution is 7.87. The van der Waals surface area contributed by atoms with E-state index in [2.05, 4.69) is 14.7 Å². The van der Waals surface area contributed by atoms with Gasteiger partial charge in [0, 0.05) is 32.1 Å². The van der Waals surface area contributed by atoms with Crippen molar-refractivity contribution in [2.75, 3.05) is 24.5 Å². The molecule has 3 rings (SSSR count). The molecule has 1 aliphatic rings. The lowest BCUT2D eigenvalue weighted by atomic mass is 9.95. The third-order valence-electron chi connectivity index (χ3n) is 4.76. The molecular formula is C16H23N5O3S. The third-order valence-corrected chi connectivity index (χ3v) is 5.36. The molecule has 2 aromatic rings. The van der Waals surface area contributed by atoms with E-state index in [4.69, 9.17) is 5.14 Å². The Morgan fingerprint density at radius 1 is 1.24 bits per heavy atom. The van der Waals surface area contributed by atoms with Gasteiger partial charge >= 0.3 is 0 Å². The van der Waals surface area contributed by atoms with Gasteiger partial charge in [-0.1, -0.05) is 0 Å². The van der Waals surface area contributed by atoms with E-state index in [1.54, 1.807) is 7.05 Å². The van der Waals surface area contributed by atoms with Crippen LogP contribution in [0.2, 0.25) is 0 Å². The molecule has 0 saturated carbocycles. The number of hydrogen-bond acceptors (Lipinski definition) is 5. The Kier molecular flexibility index (Phi) is 4.56. The summed E-state index contributed by atoms with van der Waals surface area (Å²) in [6.07, 6.45) is 0.717. The first-order valence-electron chi connectivity index (χ1n) is 8.16. The van der Waals surface area contributed by atoms with Crippen molar-refractivity contribution in [3.63, 3.8) is 0 Å². The lowest BCUT2D eigenvalue weighted by Crippen LogP contribution is -2.49. The zero-order chi connectivity index (χ0) is 18.4. The van der Waals surface area contributed by atoms with Crippen molar-refractivity contribution in [3.05, 3.63) is 33.6 Å². The van der Waals surface area contributed by atoms with Crippen LogP contribution in [0.1, 0.15) is 17.5 Å². The molecule has 0 amide bonds. The molecule has 0 atom stereocenters. The lowest BCUT2D eigenvalue weighted by molar-refractivity contribution is 0.380. The summed E-state index contributed by atoms with van der Waals surface area (Å²) in [5.74, 6) is 1.17. The molecule has 1 fully saturated rings. The predicted molar refractivity (Wildman–Crippen MR) is 97.9 cm³/mol. The summed E-state index contributed by atoms with van der Waals surface area (Å²) in [6.45, 7) is 5.90. The van der Waals surface area contributed by atoms with Crippen LogP contribution in [0.5, 0.6) is 0 Å². The van der Waals surface area contributed by atoms with Gasteiger partial charge in [-0.15, -0.1) is 0 Å². The van der Waals surface area contributed by atoms with Gasteiger partial charge in [-0.05, 0) is 49.4 Å². The standard InChI is InChI=1S/C16H23N5O3S/c1-10-6-13-14(7-11(10)2)16(22)20(3)19-15(13)21-8-12(9-21)4-5-18-25(17,23)24/h6-7,12,18H,4-5,8-9H2,1-3H3,(H2,17,23,24). The largest absolute Gasteiger partial charge is 0.354 e. The van der Waals surface area contributed by atoms with E-state index in [0.717, 1.165) is 41.8 Å². The minimum atomic E-state index is -3.63. The van der Waals surface area contributed by atoms with E-state index >= 15 is 0 Å². The van der Waals surface area contributed by atoms with Crippen LogP contribution in [-0.4, -0.2) is 37.8 Å². The maximum Gasteiger partial charge on any atom is 0.274 e. The quantitative estimate of drug-likeness (QED) is 0.785. The molecule has 2 heterocycles. The summed E-state index contributed by atoms with van der Waals surface area (Å²) in [5, 5.41) is 10.9. The molecule has 0 spiro atoms. The van der Waals surface area contributed by atoms with Crippen LogP contribution in [0.3, 0.4) is 0 Å². The molecule has 9 heteroatoms. The Morgan fingerprint density at radius 2 is 1.84 bits per heavy atom. The number of aryl methyl sites for hydroxylation is 3. The molecule has 8 nitrogen and oxygen atoms in total. The number of nitrogens with zero attached hydrogens (tertiary/aromatic N) is 3. The third kappa shape index (κ3) is 3.68. The minimum Gasteiger partial charge on any atom is -0.354 e. The lowest BCUT2D eigenvalue weighted by Gasteiger charge is -2.40. The Labute approximate surface area is 146 Å². The molecule has 0 unspecified atom stereocenters. The molecule has 136 valence electrons. The number of anilines is 1. The zero-order valence-corrected chi connectivity index (χ0v) is 15.4. The van der Waals surface area contributed by atoms with Crippen molar-refractivity contribution in [1.29, 1.82) is 0 Å². The highest BCUT2D eigenvalue weighted by Crippen LogP contribution is 2.30. The maximum atomic E-state index is 12.4. The van der Waals surface area contributed by atoms with Crippen molar-refractivity contribution in [1.82, 2.24) is 14.5 Å². The summed E-state index contributed by atoms with van der Waals surface area (Å²) in [5.41, 5.74) is 2.10. The van der Waals surface area contributed by atoms with E-state index in [1.165, 1.54) is 4.68 Å². The van der Waals surface area contributed by atoms with Gasteiger partial charge in [0.25, 0.3) is 15.8 Å². The molecule has 0 aliphatic carbocycles. The van der Waals surface area contributed by atoms with Gasteiger partial charge in [-0.2, -0.15) is 13.5 Å². The van der Waals surface area contributed by atoms with Crippen LogP contribution in [0.25, 0.3) is 10.8 Å². The van der Waals surface area contributed by atoms with Gasteiger partial charge in [-0.25, -0.2) is 14.5 Å². The molecule has 1 aliphatic heterocycles. The number of rotatable bonds is 5. The number of hydrogen-bond donors (Lipinski definition) is 2. The normalized spacial score (nSPS) is 15.6. The second kappa shape index (κ2) is 6.40. The topological polar surface area (TPSA) is 110 Å². The number of aromatic nitrogens is 2. The molecule has 0 radical (unpaired) electrons. The molecular weight excluding hydrogens is 342 g/mol. The van der Waals surface area contributed by atoms with Crippen LogP contribution in [0, 0.1) is 19.8 Å². The van der Waals surface area contributed by atoms with Gasteiger partial charge in [0.15, 0.2) is 5.82 Å². The summed E-state index contributed by atoms with van der Waals surface area (Å²) >= 11 is 0. The highest BCUT2D eigenvalue weighted by Gasteiger charge is 2.29. The van der Waals surface area contributed by atoms with Gasteiger partial charge in [0.2, 0.25) is 0 Å². The van der Waals surface area contributed by atoms with Gasteiger partial charge in [0.05, 0.1) is 5.39 Å². The average molecular weight is 365 g/mol. The highest BCUT2D eigenvalue weighted by atomic mass is 32.2. The van der Waals surface area contributed by atoms with Crippen LogP contribution in [0.4, 0.5) is 5.82 Å². The monoisotopic (exact) mass is 365 g/mol. The van der Waals surface area contributed by atoms with Crippen LogP contribution in [0.15, 0.2) is 16.9 Å². The molecule has 1 aromatic heterocycles. The van der Waals surface area contributed by atoms with Crippen LogP contribution in [-0.2, 0) is 17.3 Å². The van der Waals surface area contributed by atoms with Crippen molar-refractivity contribution in [3.8, 4) is 0 Å². The Morgan fingerprint density at radius 3 is 2.44 bits per heavy atom. The number of nitrogens with two attached hydrogens (primary N) is 1. The number of nitrogens with one attached hydrogen (secondary N) is 1. The predicted octanol–water partition coefficient (Wildman–Crippen LogP) is 0.170. The molecule has 1 aromatic carbocycles. The van der Waals surface area contributed by atoms with Gasteiger partial charge < -0.3 is 4.90 Å². The zero-order valence-electron chi connectivity index (χ0n) is 14.6. The second-order valence-corrected chi connectivity index (χ2v) is 8.11. The van der Waals surface area contributed by atoms with E-state index in [1.807, 2.05) is 26.0 Å². The first-order valence-corrected chi connectivity index (χ1v) is 9.71. The van der Waals surface area contributed by atoms with Crippen molar-refractivity contribution < 1.29 is 8.42 Å². The maximum absolute atomic E-state index is 12.4. The van der Waals surface area contributed by atoms with Gasteiger partial charge in [0.1, 0.15) is 0 Å². The summed E-state index contributed by atoms with van der Waals surface area (Å²) in [6, 6.07) is 3.94. The molecule has 3 N–H and O–H groups in total. The minimum absolute atomic E-state index is 0.101. The summed E-state index contributed by atoms with van der Waals surface area (Å²) in [4.78, 5) is 14.5. The van der Waals surface area contributed by atoms with Crippen molar-refractivity contribution in [2.45, 2.75) is 20.3 Å². The summed E-state index contributed by atoms with van der Waals surface area (Å²) < 4.78 is 25.5. The van der Waals surface area contributed by atoms with Crippen LogP contribution >= 0.6 is 0 Å². The van der Waals surface area contributed by atoms with Crippen molar-refractivity contribution >= 4 is 26.8 Å². The van der Waals surface area contributed by atoms with Crippen molar-refractivity contribution in [2.24, 2.45) is 18.1 Å². The SMILES string of the molecule is Cc1cc2c(N3CC(CCNS(N)(=O)=O)C3)nn(C)c(=O)c2cc1C. The molecule has 1 saturated heterocycles. The van der Waals surface area contributed by atoms with E-state index in [-0.39, 0.29) is 5.56 Å². The van der Waals surface area contributed by atoms with E-state index < -0.39 is 10.2 Å². The Hall–Kier alpha value is -1.97. The number of fused-ring (bicyclic) bond motifs is 1. The fourth-order valence-electron chi connectivity index (χ4n) is 3.16. The van der Waals surface area contributed by atoms with E-state index in [9.17, 15) is 13.2 Å². The van der Waals surface area contributed by atoms with E-state index in [0.29, 0.717) is 17.8 Å².